The molecule has 1 aliphatic heterocycles. The van der Waals surface area contributed by atoms with Gasteiger partial charge in [-0.3, -0.25) is 4.79 Å². The Morgan fingerprint density at radius 2 is 2.06 bits per heavy atom. The van der Waals surface area contributed by atoms with Crippen molar-refractivity contribution in [3.05, 3.63) is 35.4 Å². The van der Waals surface area contributed by atoms with Gasteiger partial charge in [0.1, 0.15) is 6.29 Å². The van der Waals surface area contributed by atoms with Crippen LogP contribution in [0.25, 0.3) is 0 Å². The predicted octanol–water partition coefficient (Wildman–Crippen LogP) is 1.20. The lowest BCUT2D eigenvalue weighted by molar-refractivity contribution is -0.134. The number of carbonyl (C=O) groups excluding carboxylic acids is 2. The predicted molar refractivity (Wildman–Crippen MR) is 61.1 cm³/mol. The molecule has 1 atom stereocenters. The summed E-state index contributed by atoms with van der Waals surface area (Å²) in [5.41, 5.74) is 2.43. The van der Waals surface area contributed by atoms with Crippen LogP contribution in [0.2, 0.25) is 0 Å². The fourth-order valence-electron chi connectivity index (χ4n) is 2.26. The Bertz CT molecular complexity index is 414. The topological polar surface area (TPSA) is 37.4 Å². The largest absolute Gasteiger partial charge is 0.333 e. The smallest absolute Gasteiger partial charge is 0.220 e. The zero-order valence-corrected chi connectivity index (χ0v) is 9.35. The Labute approximate surface area is 95.1 Å². The molecule has 1 amide bonds. The summed E-state index contributed by atoms with van der Waals surface area (Å²) in [6, 6.07) is 7.78. The van der Waals surface area contributed by atoms with Crippen LogP contribution in [0.3, 0.4) is 0 Å². The van der Waals surface area contributed by atoms with Crippen molar-refractivity contribution in [3.63, 3.8) is 0 Å². The molecule has 2 rings (SSSR count). The number of benzene rings is 1. The number of hydrogen-bond donors (Lipinski definition) is 0. The quantitative estimate of drug-likeness (QED) is 0.663. The molecule has 1 aliphatic rings. The minimum Gasteiger partial charge on any atom is -0.333 e. The molecule has 0 spiro atoms. The van der Waals surface area contributed by atoms with Gasteiger partial charge in [-0.15, -0.1) is 0 Å². The van der Waals surface area contributed by atoms with Crippen molar-refractivity contribution in [2.75, 3.05) is 6.54 Å². The molecule has 0 aromatic heterocycles. The van der Waals surface area contributed by atoms with E-state index in [4.69, 9.17) is 0 Å². The van der Waals surface area contributed by atoms with Crippen LogP contribution in [0.5, 0.6) is 0 Å². The second-order valence-corrected chi connectivity index (χ2v) is 4.14. The third-order valence-electron chi connectivity index (χ3n) is 3.13. The highest BCUT2D eigenvalue weighted by atomic mass is 16.2. The highest BCUT2D eigenvalue weighted by molar-refractivity contribution is 5.78. The molecule has 16 heavy (non-hydrogen) atoms. The van der Waals surface area contributed by atoms with Crippen LogP contribution in [0.1, 0.15) is 18.1 Å². The van der Waals surface area contributed by atoms with Gasteiger partial charge in [-0.25, -0.2) is 0 Å². The summed E-state index contributed by atoms with van der Waals surface area (Å²) < 4.78 is 0. The van der Waals surface area contributed by atoms with Gasteiger partial charge in [-0.1, -0.05) is 24.3 Å². The highest BCUT2D eigenvalue weighted by Gasteiger charge is 2.24. The SMILES string of the molecule is CC(=O)N1CCc2ccccc2CC1C=O. The summed E-state index contributed by atoms with van der Waals surface area (Å²) >= 11 is 0. The van der Waals surface area contributed by atoms with Gasteiger partial charge in [-0.05, 0) is 24.0 Å². The maximum Gasteiger partial charge on any atom is 0.220 e. The fraction of sp³-hybridized carbons (Fsp3) is 0.385. The first-order valence-electron chi connectivity index (χ1n) is 5.51. The van der Waals surface area contributed by atoms with Crippen molar-refractivity contribution in [1.82, 2.24) is 4.90 Å². The minimum absolute atomic E-state index is 0.0232. The molecule has 0 aliphatic carbocycles. The zero-order chi connectivity index (χ0) is 11.5. The summed E-state index contributed by atoms with van der Waals surface area (Å²) in [5, 5.41) is 0. The molecule has 1 aromatic carbocycles. The van der Waals surface area contributed by atoms with Crippen LogP contribution in [0.4, 0.5) is 0 Å². The molecule has 1 unspecified atom stereocenters. The molecule has 0 saturated carbocycles. The minimum atomic E-state index is -0.304. The average molecular weight is 217 g/mol. The fourth-order valence-corrected chi connectivity index (χ4v) is 2.26. The van der Waals surface area contributed by atoms with Crippen molar-refractivity contribution < 1.29 is 9.59 Å². The molecule has 84 valence electrons. The van der Waals surface area contributed by atoms with E-state index in [-0.39, 0.29) is 11.9 Å². The van der Waals surface area contributed by atoms with E-state index in [0.717, 1.165) is 12.7 Å². The highest BCUT2D eigenvalue weighted by Crippen LogP contribution is 2.18. The molecular formula is C13H15NO2. The summed E-state index contributed by atoms with van der Waals surface area (Å²) in [6.45, 7) is 2.15. The number of amides is 1. The van der Waals surface area contributed by atoms with Gasteiger partial charge in [0, 0.05) is 13.5 Å². The van der Waals surface area contributed by atoms with Gasteiger partial charge >= 0.3 is 0 Å². The van der Waals surface area contributed by atoms with Crippen LogP contribution in [0, 0.1) is 0 Å². The van der Waals surface area contributed by atoms with Crippen LogP contribution < -0.4 is 0 Å². The maximum atomic E-state index is 11.4. The van der Waals surface area contributed by atoms with Gasteiger partial charge < -0.3 is 9.69 Å². The lowest BCUT2D eigenvalue weighted by Gasteiger charge is -2.24. The molecule has 3 nitrogen and oxygen atoms in total. The second kappa shape index (κ2) is 4.47. The number of nitrogens with zero attached hydrogens (tertiary/aromatic N) is 1. The number of hydrogen-bond acceptors (Lipinski definition) is 2. The van der Waals surface area contributed by atoms with Crippen molar-refractivity contribution >= 4 is 12.2 Å². The Hall–Kier alpha value is -1.64. The molecule has 0 radical (unpaired) electrons. The molecule has 0 fully saturated rings. The number of carbonyl (C=O) groups is 2. The monoisotopic (exact) mass is 217 g/mol. The lowest BCUT2D eigenvalue weighted by Crippen LogP contribution is -2.41. The van der Waals surface area contributed by atoms with Gasteiger partial charge in [-0.2, -0.15) is 0 Å². The van der Waals surface area contributed by atoms with E-state index in [1.165, 1.54) is 18.1 Å². The molecule has 1 aromatic rings. The van der Waals surface area contributed by atoms with Gasteiger partial charge in [0.05, 0.1) is 6.04 Å². The number of aldehydes is 1. The van der Waals surface area contributed by atoms with E-state index in [1.807, 2.05) is 18.2 Å². The Kier molecular flexibility index (Phi) is 3.04. The van der Waals surface area contributed by atoms with E-state index in [9.17, 15) is 9.59 Å². The first kappa shape index (κ1) is 10.9. The molecular weight excluding hydrogens is 202 g/mol. The van der Waals surface area contributed by atoms with Crippen LogP contribution in [0.15, 0.2) is 24.3 Å². The maximum absolute atomic E-state index is 11.4. The Morgan fingerprint density at radius 3 is 2.69 bits per heavy atom. The van der Waals surface area contributed by atoms with Crippen LogP contribution in [-0.2, 0) is 22.4 Å². The van der Waals surface area contributed by atoms with E-state index < -0.39 is 0 Å². The van der Waals surface area contributed by atoms with Crippen molar-refractivity contribution in [3.8, 4) is 0 Å². The standard InChI is InChI=1S/C13H15NO2/c1-10(16)14-7-6-11-4-2-3-5-12(11)8-13(14)9-15/h2-5,9,13H,6-8H2,1H3. The first-order valence-corrected chi connectivity index (χ1v) is 5.51. The van der Waals surface area contributed by atoms with Crippen LogP contribution in [-0.4, -0.2) is 29.7 Å². The molecule has 3 heteroatoms. The van der Waals surface area contributed by atoms with Gasteiger partial charge in [0.2, 0.25) is 5.91 Å². The summed E-state index contributed by atoms with van der Waals surface area (Å²) in [7, 11) is 0. The third-order valence-corrected chi connectivity index (χ3v) is 3.13. The first-order chi connectivity index (χ1) is 7.72. The molecule has 0 N–H and O–H groups in total. The second-order valence-electron chi connectivity index (χ2n) is 4.14. The summed E-state index contributed by atoms with van der Waals surface area (Å²) in [6.07, 6.45) is 2.35. The average Bonchev–Trinajstić information content (AvgIpc) is 2.47. The van der Waals surface area contributed by atoms with Crippen molar-refractivity contribution in [2.45, 2.75) is 25.8 Å². The Morgan fingerprint density at radius 1 is 1.38 bits per heavy atom. The normalized spacial score (nSPS) is 19.8. The lowest BCUT2D eigenvalue weighted by atomic mass is 10.0. The van der Waals surface area contributed by atoms with E-state index >= 15 is 0 Å². The molecule has 0 saturated heterocycles. The Balaban J connectivity index is 2.31. The third kappa shape index (κ3) is 1.98. The number of fused-ring (bicyclic) bond motifs is 1. The summed E-state index contributed by atoms with van der Waals surface area (Å²) in [5.74, 6) is -0.0232. The molecule has 1 heterocycles. The van der Waals surface area contributed by atoms with E-state index in [1.54, 1.807) is 4.90 Å². The van der Waals surface area contributed by atoms with Crippen LogP contribution >= 0.6 is 0 Å². The van der Waals surface area contributed by atoms with Crippen molar-refractivity contribution in [2.24, 2.45) is 0 Å². The van der Waals surface area contributed by atoms with Gasteiger partial charge in [0.15, 0.2) is 0 Å². The number of rotatable bonds is 1. The van der Waals surface area contributed by atoms with E-state index in [0.29, 0.717) is 13.0 Å². The zero-order valence-electron chi connectivity index (χ0n) is 9.35. The van der Waals surface area contributed by atoms with E-state index in [2.05, 4.69) is 6.07 Å². The summed E-state index contributed by atoms with van der Waals surface area (Å²) in [4.78, 5) is 24.1. The van der Waals surface area contributed by atoms with Crippen molar-refractivity contribution in [1.29, 1.82) is 0 Å². The van der Waals surface area contributed by atoms with Gasteiger partial charge in [0.25, 0.3) is 0 Å². The molecule has 0 bridgehead atoms.